The number of anilines is 1. The summed E-state index contributed by atoms with van der Waals surface area (Å²) in [6, 6.07) is 11.4. The predicted molar refractivity (Wildman–Crippen MR) is 96.7 cm³/mol. The molecule has 1 aromatic carbocycles. The molecule has 1 aliphatic rings. The van der Waals surface area contributed by atoms with Crippen molar-refractivity contribution in [3.05, 3.63) is 59.9 Å². The van der Waals surface area contributed by atoms with E-state index in [2.05, 4.69) is 15.2 Å². The average molecular weight is 338 g/mol. The molecule has 25 heavy (non-hydrogen) atoms. The largest absolute Gasteiger partial charge is 0.368 e. The highest BCUT2D eigenvalue weighted by molar-refractivity contribution is 5.94. The first-order valence-corrected chi connectivity index (χ1v) is 8.41. The molecule has 0 radical (unpaired) electrons. The fourth-order valence-corrected chi connectivity index (χ4v) is 2.87. The lowest BCUT2D eigenvalue weighted by Crippen LogP contribution is -2.51. The molecule has 2 amide bonds. The first kappa shape index (κ1) is 17.0. The van der Waals surface area contributed by atoms with Crippen LogP contribution in [0.1, 0.15) is 22.8 Å². The summed E-state index contributed by atoms with van der Waals surface area (Å²) in [7, 11) is 0. The van der Waals surface area contributed by atoms with Gasteiger partial charge in [-0.1, -0.05) is 6.07 Å². The minimum Gasteiger partial charge on any atom is -0.368 e. The number of ketones is 1. The quantitative estimate of drug-likeness (QED) is 0.869. The second-order valence-electron chi connectivity index (χ2n) is 6.10. The van der Waals surface area contributed by atoms with Gasteiger partial charge in [0.15, 0.2) is 5.78 Å². The van der Waals surface area contributed by atoms with Crippen LogP contribution in [0.2, 0.25) is 0 Å². The van der Waals surface area contributed by atoms with Crippen LogP contribution in [0.15, 0.2) is 48.8 Å². The number of nitrogens with one attached hydrogen (secondary N) is 1. The van der Waals surface area contributed by atoms with Crippen molar-refractivity contribution in [1.82, 2.24) is 15.2 Å². The summed E-state index contributed by atoms with van der Waals surface area (Å²) >= 11 is 0. The van der Waals surface area contributed by atoms with E-state index in [-0.39, 0.29) is 11.8 Å². The van der Waals surface area contributed by atoms with Crippen molar-refractivity contribution in [2.24, 2.45) is 0 Å². The highest BCUT2D eigenvalue weighted by atomic mass is 16.2. The van der Waals surface area contributed by atoms with Gasteiger partial charge in [0.2, 0.25) is 0 Å². The van der Waals surface area contributed by atoms with Gasteiger partial charge in [0, 0.05) is 56.4 Å². The number of piperazine rings is 1. The molecule has 3 rings (SSSR count). The zero-order chi connectivity index (χ0) is 17.6. The van der Waals surface area contributed by atoms with Crippen molar-refractivity contribution in [1.29, 1.82) is 0 Å². The monoisotopic (exact) mass is 338 g/mol. The van der Waals surface area contributed by atoms with E-state index in [0.717, 1.165) is 29.9 Å². The molecule has 1 N–H and O–H groups in total. The molecule has 6 heteroatoms. The molecule has 2 aromatic rings. The zero-order valence-electron chi connectivity index (χ0n) is 14.3. The fraction of sp³-hybridized carbons (Fsp3) is 0.316. The summed E-state index contributed by atoms with van der Waals surface area (Å²) in [6.45, 7) is 4.96. The Hall–Kier alpha value is -2.89. The number of carbonyl (C=O) groups is 2. The Labute approximate surface area is 147 Å². The van der Waals surface area contributed by atoms with Crippen LogP contribution >= 0.6 is 0 Å². The first-order valence-electron chi connectivity index (χ1n) is 8.41. The SMILES string of the molecule is CC(=O)c1ccc(N2CCN(C(=O)NCc3cccnc3)CC2)cc1. The van der Waals surface area contributed by atoms with E-state index < -0.39 is 0 Å². The van der Waals surface area contributed by atoms with E-state index in [0.29, 0.717) is 19.6 Å². The minimum absolute atomic E-state index is 0.0459. The van der Waals surface area contributed by atoms with Crippen LogP contribution in [0.5, 0.6) is 0 Å². The molecule has 130 valence electrons. The molecule has 0 aliphatic carbocycles. The number of aromatic nitrogens is 1. The standard InChI is InChI=1S/C19H22N4O2/c1-15(24)17-4-6-18(7-5-17)22-9-11-23(12-10-22)19(25)21-14-16-3-2-8-20-13-16/h2-8,13H,9-12,14H2,1H3,(H,21,25). The van der Waals surface area contributed by atoms with Crippen LogP contribution in [-0.4, -0.2) is 47.9 Å². The third-order valence-electron chi connectivity index (χ3n) is 4.37. The van der Waals surface area contributed by atoms with Crippen molar-refractivity contribution < 1.29 is 9.59 Å². The second-order valence-corrected chi connectivity index (χ2v) is 6.10. The van der Waals surface area contributed by atoms with Gasteiger partial charge in [-0.25, -0.2) is 4.79 Å². The molecule has 1 aliphatic heterocycles. The highest BCUT2D eigenvalue weighted by Crippen LogP contribution is 2.17. The van der Waals surface area contributed by atoms with Crippen molar-refractivity contribution in [2.75, 3.05) is 31.1 Å². The summed E-state index contributed by atoms with van der Waals surface area (Å²) in [5.41, 5.74) is 2.79. The Morgan fingerprint density at radius 3 is 2.40 bits per heavy atom. The van der Waals surface area contributed by atoms with Crippen LogP contribution in [0, 0.1) is 0 Å². The van der Waals surface area contributed by atoms with Crippen molar-refractivity contribution in [3.8, 4) is 0 Å². The van der Waals surface area contributed by atoms with Crippen molar-refractivity contribution in [3.63, 3.8) is 0 Å². The van der Waals surface area contributed by atoms with Gasteiger partial charge in [0.05, 0.1) is 0 Å². The maximum Gasteiger partial charge on any atom is 0.317 e. The molecule has 0 bridgehead atoms. The fourth-order valence-electron chi connectivity index (χ4n) is 2.87. The van der Waals surface area contributed by atoms with Crippen LogP contribution < -0.4 is 10.2 Å². The Morgan fingerprint density at radius 2 is 1.80 bits per heavy atom. The molecule has 6 nitrogen and oxygen atoms in total. The lowest BCUT2D eigenvalue weighted by molar-refractivity contribution is 0.101. The van der Waals surface area contributed by atoms with Crippen LogP contribution in [0.3, 0.4) is 0 Å². The smallest absolute Gasteiger partial charge is 0.317 e. The summed E-state index contributed by atoms with van der Waals surface area (Å²) in [5.74, 6) is 0.0710. The van der Waals surface area contributed by atoms with E-state index in [1.807, 2.05) is 41.3 Å². The second kappa shape index (κ2) is 7.79. The zero-order valence-corrected chi connectivity index (χ0v) is 14.3. The first-order chi connectivity index (χ1) is 12.1. The number of pyridine rings is 1. The van der Waals surface area contributed by atoms with Gasteiger partial charge in [-0.2, -0.15) is 0 Å². The summed E-state index contributed by atoms with van der Waals surface area (Å²) < 4.78 is 0. The number of hydrogen-bond acceptors (Lipinski definition) is 4. The normalized spacial score (nSPS) is 14.3. The maximum atomic E-state index is 12.3. The number of benzene rings is 1. The summed E-state index contributed by atoms with van der Waals surface area (Å²) in [4.78, 5) is 31.7. The molecule has 1 fully saturated rings. The molecule has 0 spiro atoms. The number of nitrogens with zero attached hydrogens (tertiary/aromatic N) is 3. The third-order valence-corrected chi connectivity index (χ3v) is 4.37. The maximum absolute atomic E-state index is 12.3. The lowest BCUT2D eigenvalue weighted by atomic mass is 10.1. The molecule has 0 unspecified atom stereocenters. The summed E-state index contributed by atoms with van der Waals surface area (Å²) in [5, 5.41) is 2.93. The van der Waals surface area contributed by atoms with Gasteiger partial charge in [-0.15, -0.1) is 0 Å². The molecular formula is C19H22N4O2. The number of amides is 2. The van der Waals surface area contributed by atoms with E-state index in [9.17, 15) is 9.59 Å². The Morgan fingerprint density at radius 1 is 1.08 bits per heavy atom. The van der Waals surface area contributed by atoms with Crippen LogP contribution in [0.25, 0.3) is 0 Å². The van der Waals surface area contributed by atoms with E-state index in [1.165, 1.54) is 0 Å². The Kier molecular flexibility index (Phi) is 5.28. The number of Topliss-reactive ketones (excluding diaryl/α,β-unsaturated/α-hetero) is 1. The topological polar surface area (TPSA) is 65.5 Å². The average Bonchev–Trinajstić information content (AvgIpc) is 2.67. The molecule has 0 atom stereocenters. The van der Waals surface area contributed by atoms with E-state index >= 15 is 0 Å². The van der Waals surface area contributed by atoms with Gasteiger partial charge in [0.1, 0.15) is 0 Å². The molecular weight excluding hydrogens is 316 g/mol. The van der Waals surface area contributed by atoms with E-state index in [4.69, 9.17) is 0 Å². The van der Waals surface area contributed by atoms with Gasteiger partial charge < -0.3 is 15.1 Å². The molecule has 1 aromatic heterocycles. The van der Waals surface area contributed by atoms with Crippen LogP contribution in [-0.2, 0) is 6.54 Å². The van der Waals surface area contributed by atoms with Gasteiger partial charge in [0.25, 0.3) is 0 Å². The number of hydrogen-bond donors (Lipinski definition) is 1. The molecule has 1 saturated heterocycles. The van der Waals surface area contributed by atoms with Crippen molar-refractivity contribution >= 4 is 17.5 Å². The van der Waals surface area contributed by atoms with E-state index in [1.54, 1.807) is 19.3 Å². The Balaban J connectivity index is 1.49. The van der Waals surface area contributed by atoms with Gasteiger partial charge >= 0.3 is 6.03 Å². The predicted octanol–water partition coefficient (Wildman–Crippen LogP) is 2.32. The number of carbonyl (C=O) groups excluding carboxylic acids is 2. The molecule has 2 heterocycles. The van der Waals surface area contributed by atoms with Crippen LogP contribution in [0.4, 0.5) is 10.5 Å². The highest BCUT2D eigenvalue weighted by Gasteiger charge is 2.21. The lowest BCUT2D eigenvalue weighted by Gasteiger charge is -2.36. The Bertz CT molecular complexity index is 723. The third kappa shape index (κ3) is 4.35. The molecule has 0 saturated carbocycles. The van der Waals surface area contributed by atoms with Gasteiger partial charge in [-0.3, -0.25) is 9.78 Å². The number of rotatable bonds is 4. The summed E-state index contributed by atoms with van der Waals surface area (Å²) in [6.07, 6.45) is 3.47. The van der Waals surface area contributed by atoms with Crippen molar-refractivity contribution in [2.45, 2.75) is 13.5 Å². The minimum atomic E-state index is -0.0459. The van der Waals surface area contributed by atoms with Gasteiger partial charge in [-0.05, 0) is 42.8 Å². The number of urea groups is 1.